The minimum Gasteiger partial charge on any atom is -0.459 e. The molecule has 10 nitrogen and oxygen atoms in total. The van der Waals surface area contributed by atoms with Gasteiger partial charge in [0.1, 0.15) is 29.9 Å². The summed E-state index contributed by atoms with van der Waals surface area (Å²) in [6, 6.07) is 21.3. The SMILES string of the molecule is C=CCCOC(=O)N(C)[C@H]1CC(=NOCc2ccccc2)C2=C[C@H](CCCCO)[C@@H](CCCCO)[C@@H]3c4cc(Oc5ccc(C)c(C)c5)ccc4O[C@@]1(OCC=C)[C@H]23. The highest BCUT2D eigenvalue weighted by molar-refractivity contribution is 6.02. The van der Waals surface area contributed by atoms with E-state index in [9.17, 15) is 15.0 Å². The molecule has 0 unspecified atom stereocenters. The second-order valence-electron chi connectivity index (χ2n) is 15.7. The highest BCUT2D eigenvalue weighted by Gasteiger charge is 2.65. The van der Waals surface area contributed by atoms with Crippen molar-refractivity contribution in [1.29, 1.82) is 0 Å². The van der Waals surface area contributed by atoms with E-state index in [1.54, 1.807) is 24.1 Å². The smallest absolute Gasteiger partial charge is 0.409 e. The first-order chi connectivity index (χ1) is 28.2. The third-order valence-electron chi connectivity index (χ3n) is 11.9. The summed E-state index contributed by atoms with van der Waals surface area (Å²) in [5.74, 6) is 0.277. The number of nitrogens with zero attached hydrogens (tertiary/aromatic N) is 2. The van der Waals surface area contributed by atoms with Gasteiger partial charge in [0.05, 0.1) is 24.8 Å². The molecule has 3 aliphatic rings. The van der Waals surface area contributed by atoms with Crippen LogP contribution in [0.4, 0.5) is 4.79 Å². The zero-order chi connectivity index (χ0) is 41.1. The molecule has 1 heterocycles. The summed E-state index contributed by atoms with van der Waals surface area (Å²) < 4.78 is 26.5. The standard InChI is InChI=1S/C48H60N2O8/c1-6-8-27-54-47(53)50(5)44-31-42(49-56-32-35-16-10-9-11-17-35)40-29-36(18-12-14-24-51)39(19-13-15-25-52)45-41-30-38(57-37-21-20-33(3)34(4)28-37)22-23-43(41)58-48(44,46(40)45)55-26-7-2/h6-7,9-11,16-17,20-23,28-30,36,39,44-46,51-52H,1-2,8,12-15,18-19,24-27,31-32H2,3-5H3/t36-,39+,44-,45+,46+,48+/m0/s1. The minimum absolute atomic E-state index is 0.0836. The predicted molar refractivity (Wildman–Crippen MR) is 226 cm³/mol. The first-order valence-electron chi connectivity index (χ1n) is 20.7. The van der Waals surface area contributed by atoms with E-state index in [4.69, 9.17) is 28.9 Å². The maximum Gasteiger partial charge on any atom is 0.409 e. The Morgan fingerprint density at radius 2 is 1.69 bits per heavy atom. The number of rotatable bonds is 20. The number of aryl methyl sites for hydroxylation is 2. The lowest BCUT2D eigenvalue weighted by atomic mass is 9.55. The van der Waals surface area contributed by atoms with Crippen molar-refractivity contribution in [2.75, 3.05) is 33.5 Å². The molecule has 0 saturated heterocycles. The number of aliphatic hydroxyl groups excluding tert-OH is 2. The Morgan fingerprint density at radius 1 is 0.948 bits per heavy atom. The van der Waals surface area contributed by atoms with Crippen LogP contribution in [0.1, 0.15) is 79.5 Å². The van der Waals surface area contributed by atoms with Crippen molar-refractivity contribution in [3.8, 4) is 17.2 Å². The summed E-state index contributed by atoms with van der Waals surface area (Å²) in [6.07, 6.45) is 10.7. The molecule has 1 saturated carbocycles. The van der Waals surface area contributed by atoms with Crippen LogP contribution in [0.5, 0.6) is 17.2 Å². The van der Waals surface area contributed by atoms with E-state index in [-0.39, 0.29) is 57.2 Å². The molecule has 6 rings (SSSR count). The van der Waals surface area contributed by atoms with Gasteiger partial charge < -0.3 is 38.9 Å². The quantitative estimate of drug-likeness (QED) is 0.0660. The Balaban J connectivity index is 1.54. The average Bonchev–Trinajstić information content (AvgIpc) is 3.23. The number of ether oxygens (including phenoxy) is 4. The minimum atomic E-state index is -1.37. The molecule has 3 aromatic carbocycles. The number of benzene rings is 3. The van der Waals surface area contributed by atoms with Gasteiger partial charge >= 0.3 is 6.09 Å². The van der Waals surface area contributed by atoms with E-state index in [1.165, 1.54) is 5.56 Å². The van der Waals surface area contributed by atoms with E-state index in [0.717, 1.165) is 59.4 Å². The Bertz CT molecular complexity index is 1930. The molecule has 310 valence electrons. The molecule has 10 heteroatoms. The van der Waals surface area contributed by atoms with Crippen LogP contribution in [0.2, 0.25) is 0 Å². The molecule has 2 aliphatic carbocycles. The summed E-state index contributed by atoms with van der Waals surface area (Å²) in [7, 11) is 1.73. The lowest BCUT2D eigenvalue weighted by Crippen LogP contribution is -2.69. The zero-order valence-electron chi connectivity index (χ0n) is 34.3. The van der Waals surface area contributed by atoms with Gasteiger partial charge in [-0.1, -0.05) is 72.6 Å². The Hall–Kier alpha value is -4.90. The van der Waals surface area contributed by atoms with Gasteiger partial charge in [0.2, 0.25) is 5.79 Å². The van der Waals surface area contributed by atoms with Gasteiger partial charge in [-0.05, 0) is 110 Å². The Labute approximate surface area is 343 Å². The van der Waals surface area contributed by atoms with Crippen molar-refractivity contribution in [1.82, 2.24) is 4.90 Å². The normalized spacial score (nSPS) is 23.8. The first kappa shape index (κ1) is 42.7. The van der Waals surface area contributed by atoms with E-state index in [1.807, 2.05) is 54.6 Å². The first-order valence-corrected chi connectivity index (χ1v) is 20.7. The van der Waals surface area contributed by atoms with Gasteiger partial charge in [-0.2, -0.15) is 0 Å². The number of aliphatic hydroxyl groups is 2. The summed E-state index contributed by atoms with van der Waals surface area (Å²) in [4.78, 5) is 21.6. The fraction of sp³-hybridized carbons (Fsp3) is 0.458. The van der Waals surface area contributed by atoms with Crippen molar-refractivity contribution in [3.63, 3.8) is 0 Å². The molecule has 1 fully saturated rings. The molecule has 0 aromatic heterocycles. The average molecular weight is 793 g/mol. The van der Waals surface area contributed by atoms with Crippen molar-refractivity contribution in [2.45, 2.75) is 89.6 Å². The second kappa shape index (κ2) is 20.2. The number of allylic oxidation sites excluding steroid dienone is 1. The van der Waals surface area contributed by atoms with Crippen LogP contribution in [0.25, 0.3) is 0 Å². The van der Waals surface area contributed by atoms with Gasteiger partial charge in [-0.25, -0.2) is 4.79 Å². The summed E-state index contributed by atoms with van der Waals surface area (Å²) in [5.41, 5.74) is 5.98. The largest absolute Gasteiger partial charge is 0.459 e. The van der Waals surface area contributed by atoms with Crippen LogP contribution < -0.4 is 9.47 Å². The maximum atomic E-state index is 13.9. The maximum absolute atomic E-state index is 13.9. The summed E-state index contributed by atoms with van der Waals surface area (Å²) >= 11 is 0. The van der Waals surface area contributed by atoms with Crippen molar-refractivity contribution in [3.05, 3.63) is 126 Å². The molecule has 0 bridgehead atoms. The third-order valence-corrected chi connectivity index (χ3v) is 11.9. The van der Waals surface area contributed by atoms with Gasteiger partial charge in [0.15, 0.2) is 0 Å². The van der Waals surface area contributed by atoms with Crippen molar-refractivity contribution < 1.29 is 38.8 Å². The molecular formula is C48H60N2O8. The van der Waals surface area contributed by atoms with Crippen LogP contribution in [-0.2, 0) is 20.9 Å². The zero-order valence-corrected chi connectivity index (χ0v) is 34.3. The van der Waals surface area contributed by atoms with Crippen LogP contribution in [0, 0.1) is 31.6 Å². The Morgan fingerprint density at radius 3 is 2.41 bits per heavy atom. The third kappa shape index (κ3) is 9.52. The summed E-state index contributed by atoms with van der Waals surface area (Å²) in [6.45, 7) is 12.8. The fourth-order valence-electron chi connectivity index (χ4n) is 8.92. The highest BCUT2D eigenvalue weighted by Crippen LogP contribution is 2.62. The monoisotopic (exact) mass is 792 g/mol. The lowest BCUT2D eigenvalue weighted by molar-refractivity contribution is -0.253. The molecule has 0 radical (unpaired) electrons. The van der Waals surface area contributed by atoms with E-state index in [2.05, 4.69) is 45.2 Å². The van der Waals surface area contributed by atoms with Crippen molar-refractivity contribution in [2.24, 2.45) is 22.9 Å². The molecule has 1 amide bonds. The Kier molecular flexibility index (Phi) is 14.9. The number of unbranched alkanes of at least 4 members (excludes halogenated alkanes) is 2. The van der Waals surface area contributed by atoms with Crippen LogP contribution >= 0.6 is 0 Å². The van der Waals surface area contributed by atoms with E-state index < -0.39 is 23.8 Å². The van der Waals surface area contributed by atoms with Gasteiger partial charge in [-0.15, -0.1) is 13.2 Å². The fourth-order valence-corrected chi connectivity index (χ4v) is 8.92. The van der Waals surface area contributed by atoms with Gasteiger partial charge in [0, 0.05) is 38.2 Å². The van der Waals surface area contributed by atoms with E-state index >= 15 is 0 Å². The molecule has 6 atom stereocenters. The van der Waals surface area contributed by atoms with Gasteiger partial charge in [0.25, 0.3) is 0 Å². The topological polar surface area (TPSA) is 119 Å². The number of carbonyl (C=O) groups is 1. The lowest BCUT2D eigenvalue weighted by Gasteiger charge is -2.59. The predicted octanol–water partition coefficient (Wildman–Crippen LogP) is 9.57. The highest BCUT2D eigenvalue weighted by atomic mass is 16.7. The van der Waals surface area contributed by atoms with Crippen molar-refractivity contribution >= 4 is 11.8 Å². The number of hydrogen-bond donors (Lipinski definition) is 2. The van der Waals surface area contributed by atoms with E-state index in [0.29, 0.717) is 30.8 Å². The second-order valence-corrected chi connectivity index (χ2v) is 15.7. The number of oxime groups is 1. The number of amides is 1. The summed E-state index contributed by atoms with van der Waals surface area (Å²) in [5, 5.41) is 24.7. The molecule has 1 aliphatic heterocycles. The van der Waals surface area contributed by atoms with Crippen LogP contribution in [0.3, 0.4) is 0 Å². The number of carbonyl (C=O) groups excluding carboxylic acids is 1. The molecule has 3 aromatic rings. The number of likely N-dealkylation sites (N-methyl/N-ethyl adjacent to an activating group) is 1. The number of hydrogen-bond acceptors (Lipinski definition) is 9. The molecular weight excluding hydrogens is 733 g/mol. The molecule has 58 heavy (non-hydrogen) atoms. The van der Waals surface area contributed by atoms with Gasteiger partial charge in [-0.3, -0.25) is 0 Å². The number of fused-ring (bicyclic) bond motifs is 2. The molecule has 2 N–H and O–H groups in total. The van der Waals surface area contributed by atoms with Crippen LogP contribution in [-0.4, -0.2) is 72.2 Å². The van der Waals surface area contributed by atoms with Crippen LogP contribution in [0.15, 0.2) is 109 Å². The molecule has 0 spiro atoms.